The van der Waals surface area contributed by atoms with E-state index < -0.39 is 16.1 Å². The SMILES string of the molecule is CCNS(=O)(=O)NC(=O)c1ccc2nc(C)n(Cc3ccc(-c4ccco4)cc3Cl)c2c1. The van der Waals surface area contributed by atoms with E-state index >= 15 is 0 Å². The molecular formula is C22H21ClN4O4S. The molecule has 2 heterocycles. The van der Waals surface area contributed by atoms with Gasteiger partial charge in [0.2, 0.25) is 0 Å². The van der Waals surface area contributed by atoms with Crippen LogP contribution in [0.1, 0.15) is 28.7 Å². The lowest BCUT2D eigenvalue weighted by atomic mass is 10.1. The first-order chi connectivity index (χ1) is 15.3. The Morgan fingerprint density at radius 2 is 2.00 bits per heavy atom. The largest absolute Gasteiger partial charge is 0.464 e. The molecule has 0 spiro atoms. The number of hydrogen-bond donors (Lipinski definition) is 2. The van der Waals surface area contributed by atoms with E-state index in [0.29, 0.717) is 22.6 Å². The first-order valence-electron chi connectivity index (χ1n) is 9.88. The van der Waals surface area contributed by atoms with E-state index in [1.165, 1.54) is 0 Å². The monoisotopic (exact) mass is 472 g/mol. The van der Waals surface area contributed by atoms with E-state index in [9.17, 15) is 13.2 Å². The summed E-state index contributed by atoms with van der Waals surface area (Å²) in [5.74, 6) is 0.744. The molecule has 2 aromatic carbocycles. The summed E-state index contributed by atoms with van der Waals surface area (Å²) in [5, 5.41) is 0.575. The van der Waals surface area contributed by atoms with Gasteiger partial charge in [-0.3, -0.25) is 4.79 Å². The molecule has 0 aliphatic heterocycles. The molecular weight excluding hydrogens is 452 g/mol. The second-order valence-corrected chi connectivity index (χ2v) is 9.07. The number of furan rings is 1. The number of hydrogen-bond acceptors (Lipinski definition) is 5. The summed E-state index contributed by atoms with van der Waals surface area (Å²) in [6.45, 7) is 4.09. The summed E-state index contributed by atoms with van der Waals surface area (Å²) in [6, 6.07) is 14.2. The first kappa shape index (κ1) is 22.1. The Morgan fingerprint density at radius 1 is 1.19 bits per heavy atom. The van der Waals surface area contributed by atoms with Crippen LogP contribution in [0.2, 0.25) is 5.02 Å². The van der Waals surface area contributed by atoms with Crippen molar-refractivity contribution in [3.05, 3.63) is 76.8 Å². The van der Waals surface area contributed by atoms with E-state index in [-0.39, 0.29) is 12.1 Å². The van der Waals surface area contributed by atoms with Crippen molar-refractivity contribution in [2.24, 2.45) is 0 Å². The Bertz CT molecular complexity index is 1400. The van der Waals surface area contributed by atoms with Gasteiger partial charge < -0.3 is 8.98 Å². The highest BCUT2D eigenvalue weighted by atomic mass is 35.5. The molecule has 0 aliphatic rings. The van der Waals surface area contributed by atoms with Crippen molar-refractivity contribution in [2.45, 2.75) is 20.4 Å². The predicted octanol–water partition coefficient (Wildman–Crippen LogP) is 3.89. The van der Waals surface area contributed by atoms with E-state index in [1.54, 1.807) is 31.4 Å². The maximum atomic E-state index is 12.5. The molecule has 0 fully saturated rings. The van der Waals surface area contributed by atoms with E-state index in [0.717, 1.165) is 22.7 Å². The highest BCUT2D eigenvalue weighted by Crippen LogP contribution is 2.28. The van der Waals surface area contributed by atoms with Crippen molar-refractivity contribution in [3.8, 4) is 11.3 Å². The maximum absolute atomic E-state index is 12.5. The fourth-order valence-corrected chi connectivity index (χ4v) is 4.49. The normalized spacial score (nSPS) is 11.7. The maximum Gasteiger partial charge on any atom is 0.301 e. The summed E-state index contributed by atoms with van der Waals surface area (Å²) in [6.07, 6.45) is 1.61. The van der Waals surface area contributed by atoms with Crippen LogP contribution < -0.4 is 9.44 Å². The molecule has 0 aliphatic carbocycles. The molecule has 2 aromatic heterocycles. The van der Waals surface area contributed by atoms with Gasteiger partial charge in [-0.15, -0.1) is 0 Å². The fourth-order valence-electron chi connectivity index (χ4n) is 3.43. The highest BCUT2D eigenvalue weighted by Gasteiger charge is 2.17. The molecule has 0 radical (unpaired) electrons. The predicted molar refractivity (Wildman–Crippen MR) is 123 cm³/mol. The Kier molecular flexibility index (Phi) is 6.05. The van der Waals surface area contributed by atoms with E-state index in [2.05, 4.69) is 9.71 Å². The van der Waals surface area contributed by atoms with Gasteiger partial charge >= 0.3 is 10.2 Å². The van der Waals surface area contributed by atoms with Crippen molar-refractivity contribution >= 4 is 38.8 Å². The molecule has 4 rings (SSSR count). The Balaban J connectivity index is 1.65. The van der Waals surface area contributed by atoms with Gasteiger partial charge in [-0.1, -0.05) is 30.7 Å². The molecule has 4 aromatic rings. The van der Waals surface area contributed by atoms with Crippen molar-refractivity contribution in [1.29, 1.82) is 0 Å². The number of rotatable bonds is 7. The van der Waals surface area contributed by atoms with Gasteiger partial charge in [0.15, 0.2) is 0 Å². The quantitative estimate of drug-likeness (QED) is 0.424. The van der Waals surface area contributed by atoms with Crippen LogP contribution in [0.15, 0.2) is 59.2 Å². The van der Waals surface area contributed by atoms with Crippen LogP contribution in [-0.4, -0.2) is 30.4 Å². The number of carbonyl (C=O) groups excluding carboxylic acids is 1. The number of nitrogens with zero attached hydrogens (tertiary/aromatic N) is 2. The molecule has 8 nitrogen and oxygen atoms in total. The van der Waals surface area contributed by atoms with Crippen molar-refractivity contribution < 1.29 is 17.6 Å². The van der Waals surface area contributed by atoms with Crippen molar-refractivity contribution in [2.75, 3.05) is 6.54 Å². The minimum Gasteiger partial charge on any atom is -0.464 e. The van der Waals surface area contributed by atoms with Crippen LogP contribution in [0.25, 0.3) is 22.4 Å². The standard InChI is InChI=1S/C22H21ClN4O4S/c1-3-24-32(29,30)26-22(28)16-8-9-19-20(12-16)27(14(2)25-19)13-17-7-6-15(11-18(17)23)21-5-4-10-31-21/h4-12,24H,3,13H2,1-2H3,(H,26,28). The lowest BCUT2D eigenvalue weighted by Crippen LogP contribution is -2.40. The fraction of sp³-hybridized carbons (Fsp3) is 0.182. The van der Waals surface area contributed by atoms with Crippen LogP contribution in [0, 0.1) is 6.92 Å². The first-order valence-corrected chi connectivity index (χ1v) is 11.7. The lowest BCUT2D eigenvalue weighted by molar-refractivity contribution is 0.0981. The van der Waals surface area contributed by atoms with Crippen LogP contribution in [-0.2, 0) is 16.8 Å². The molecule has 0 unspecified atom stereocenters. The number of fused-ring (bicyclic) bond motifs is 1. The van der Waals surface area contributed by atoms with Crippen molar-refractivity contribution in [1.82, 2.24) is 19.0 Å². The minimum absolute atomic E-state index is 0.174. The van der Waals surface area contributed by atoms with Gasteiger partial charge in [-0.2, -0.15) is 13.1 Å². The number of benzene rings is 2. The Morgan fingerprint density at radius 3 is 2.69 bits per heavy atom. The van der Waals surface area contributed by atoms with Gasteiger partial charge in [0.25, 0.3) is 5.91 Å². The highest BCUT2D eigenvalue weighted by molar-refractivity contribution is 7.88. The minimum atomic E-state index is -3.91. The topological polar surface area (TPSA) is 106 Å². The second-order valence-electron chi connectivity index (χ2n) is 7.16. The zero-order valence-electron chi connectivity index (χ0n) is 17.4. The third-order valence-electron chi connectivity index (χ3n) is 4.95. The average molecular weight is 473 g/mol. The molecule has 0 bridgehead atoms. The molecule has 10 heteroatoms. The third-order valence-corrected chi connectivity index (χ3v) is 6.42. The van der Waals surface area contributed by atoms with Crippen molar-refractivity contribution in [3.63, 3.8) is 0 Å². The Hall–Kier alpha value is -3.14. The van der Waals surface area contributed by atoms with E-state index in [4.69, 9.17) is 16.0 Å². The number of aromatic nitrogens is 2. The molecule has 0 saturated heterocycles. The lowest BCUT2D eigenvalue weighted by Gasteiger charge is -2.11. The number of aryl methyl sites for hydroxylation is 1. The zero-order chi connectivity index (χ0) is 22.9. The molecule has 1 amide bonds. The van der Waals surface area contributed by atoms with Gasteiger partial charge in [0, 0.05) is 22.7 Å². The van der Waals surface area contributed by atoms with Crippen LogP contribution in [0.3, 0.4) is 0 Å². The number of imidazole rings is 1. The third kappa shape index (κ3) is 4.55. The summed E-state index contributed by atoms with van der Waals surface area (Å²) in [7, 11) is -3.91. The summed E-state index contributed by atoms with van der Waals surface area (Å²) in [4.78, 5) is 17.0. The zero-order valence-corrected chi connectivity index (χ0v) is 19.0. The molecule has 0 atom stereocenters. The molecule has 32 heavy (non-hydrogen) atoms. The average Bonchev–Trinajstić information content (AvgIpc) is 3.37. The van der Waals surface area contributed by atoms with Crippen LogP contribution in [0.5, 0.6) is 0 Å². The van der Waals surface area contributed by atoms with Crippen LogP contribution >= 0.6 is 11.6 Å². The number of nitrogens with one attached hydrogen (secondary N) is 2. The number of halogens is 1. The summed E-state index contributed by atoms with van der Waals surface area (Å²) in [5.41, 5.74) is 3.34. The van der Waals surface area contributed by atoms with Crippen LogP contribution in [0.4, 0.5) is 0 Å². The number of carbonyl (C=O) groups is 1. The Labute approximate surface area is 190 Å². The summed E-state index contributed by atoms with van der Waals surface area (Å²) >= 11 is 6.54. The van der Waals surface area contributed by atoms with E-state index in [1.807, 2.05) is 46.5 Å². The van der Waals surface area contributed by atoms with Gasteiger partial charge in [0.05, 0.1) is 23.8 Å². The molecule has 166 valence electrons. The molecule has 0 saturated carbocycles. The van der Waals surface area contributed by atoms with Gasteiger partial charge in [-0.05, 0) is 48.9 Å². The molecule has 2 N–H and O–H groups in total. The smallest absolute Gasteiger partial charge is 0.301 e. The summed E-state index contributed by atoms with van der Waals surface area (Å²) < 4.78 is 35.3. The number of amides is 1. The second kappa shape index (κ2) is 8.78. The van der Waals surface area contributed by atoms with Gasteiger partial charge in [-0.25, -0.2) is 9.71 Å². The van der Waals surface area contributed by atoms with Gasteiger partial charge in [0.1, 0.15) is 11.6 Å².